The van der Waals surface area contributed by atoms with Crippen LogP contribution in [0.1, 0.15) is 20.1 Å². The summed E-state index contributed by atoms with van der Waals surface area (Å²) < 4.78 is 8.94. The molecule has 0 fully saturated rings. The van der Waals surface area contributed by atoms with Crippen molar-refractivity contribution >= 4 is 28.7 Å². The number of hydrogen-bond donors (Lipinski definition) is 0. The van der Waals surface area contributed by atoms with Crippen LogP contribution in [0.25, 0.3) is 0 Å². The molecule has 0 aromatic carbocycles. The molecule has 2 rings (SSSR count). The fourth-order valence-electron chi connectivity index (χ4n) is 1.18. The predicted octanol–water partition coefficient (Wildman–Crippen LogP) is 2.75. The van der Waals surface area contributed by atoms with E-state index in [9.17, 15) is 4.79 Å². The first kappa shape index (κ1) is 10.3. The SMILES string of the molecule is COc1cc(C(=O)c2sccc2C)sn1. The van der Waals surface area contributed by atoms with Gasteiger partial charge < -0.3 is 4.74 Å². The number of carbonyl (C=O) groups is 1. The third-order valence-corrected chi connectivity index (χ3v) is 3.78. The molecule has 0 N–H and O–H groups in total. The Kier molecular flexibility index (Phi) is 2.83. The molecule has 0 atom stereocenters. The van der Waals surface area contributed by atoms with Gasteiger partial charge in [0.1, 0.15) is 4.88 Å². The molecule has 2 aromatic heterocycles. The number of aryl methyl sites for hydroxylation is 1. The van der Waals surface area contributed by atoms with Crippen LogP contribution in [0.2, 0.25) is 0 Å². The number of methoxy groups -OCH3 is 1. The van der Waals surface area contributed by atoms with E-state index in [-0.39, 0.29) is 5.78 Å². The molecule has 0 amide bonds. The lowest BCUT2D eigenvalue weighted by Gasteiger charge is -1.93. The van der Waals surface area contributed by atoms with E-state index in [0.717, 1.165) is 10.4 Å². The van der Waals surface area contributed by atoms with Gasteiger partial charge in [-0.25, -0.2) is 0 Å². The highest BCUT2D eigenvalue weighted by atomic mass is 32.1. The number of ether oxygens (including phenoxy) is 1. The van der Waals surface area contributed by atoms with Crippen molar-refractivity contribution in [1.82, 2.24) is 4.37 Å². The molecule has 15 heavy (non-hydrogen) atoms. The number of rotatable bonds is 3. The summed E-state index contributed by atoms with van der Waals surface area (Å²) in [7, 11) is 1.54. The van der Waals surface area contributed by atoms with Crippen LogP contribution in [0, 0.1) is 6.92 Å². The van der Waals surface area contributed by atoms with E-state index in [2.05, 4.69) is 4.37 Å². The first-order valence-electron chi connectivity index (χ1n) is 4.32. The Morgan fingerprint density at radius 2 is 2.33 bits per heavy atom. The lowest BCUT2D eigenvalue weighted by atomic mass is 10.2. The summed E-state index contributed by atoms with van der Waals surface area (Å²) in [5.74, 6) is 0.529. The second-order valence-electron chi connectivity index (χ2n) is 3.00. The summed E-state index contributed by atoms with van der Waals surface area (Å²) >= 11 is 2.63. The van der Waals surface area contributed by atoms with Crippen molar-refractivity contribution in [2.75, 3.05) is 7.11 Å². The van der Waals surface area contributed by atoms with Crippen molar-refractivity contribution in [2.45, 2.75) is 6.92 Å². The molecule has 0 aliphatic carbocycles. The molecule has 0 bridgehead atoms. The zero-order valence-corrected chi connectivity index (χ0v) is 9.95. The highest BCUT2D eigenvalue weighted by Crippen LogP contribution is 2.24. The average Bonchev–Trinajstić information content (AvgIpc) is 2.84. The van der Waals surface area contributed by atoms with E-state index in [1.807, 2.05) is 18.4 Å². The van der Waals surface area contributed by atoms with Gasteiger partial charge in [-0.15, -0.1) is 11.3 Å². The van der Waals surface area contributed by atoms with Gasteiger partial charge in [-0.05, 0) is 35.5 Å². The van der Waals surface area contributed by atoms with Gasteiger partial charge in [0.2, 0.25) is 11.7 Å². The molecule has 2 heterocycles. The molecule has 5 heteroatoms. The van der Waals surface area contributed by atoms with Gasteiger partial charge in [0.25, 0.3) is 0 Å². The quantitative estimate of drug-likeness (QED) is 0.773. The number of aromatic nitrogens is 1. The van der Waals surface area contributed by atoms with E-state index < -0.39 is 0 Å². The van der Waals surface area contributed by atoms with Gasteiger partial charge in [0.15, 0.2) is 0 Å². The number of thiophene rings is 1. The number of carbonyl (C=O) groups excluding carboxylic acids is 1. The third-order valence-electron chi connectivity index (χ3n) is 1.99. The number of ketones is 1. The smallest absolute Gasteiger partial charge is 0.225 e. The third kappa shape index (κ3) is 1.93. The summed E-state index contributed by atoms with van der Waals surface area (Å²) in [6.07, 6.45) is 0. The maximum absolute atomic E-state index is 12.0. The Morgan fingerprint density at radius 3 is 2.87 bits per heavy atom. The summed E-state index contributed by atoms with van der Waals surface area (Å²) in [5, 5.41) is 1.92. The van der Waals surface area contributed by atoms with Crippen LogP contribution < -0.4 is 4.74 Å². The summed E-state index contributed by atoms with van der Waals surface area (Å²) in [6.45, 7) is 1.93. The monoisotopic (exact) mass is 239 g/mol. The normalized spacial score (nSPS) is 10.3. The minimum atomic E-state index is 0.0308. The van der Waals surface area contributed by atoms with Crippen molar-refractivity contribution in [3.63, 3.8) is 0 Å². The standard InChI is InChI=1S/C10H9NO2S2/c1-6-3-4-14-10(6)9(12)7-5-8(13-2)11-15-7/h3-5H,1-2H3. The Hall–Kier alpha value is -1.20. The Balaban J connectivity index is 2.32. The Bertz CT molecular complexity index is 487. The second kappa shape index (κ2) is 4.12. The zero-order chi connectivity index (χ0) is 10.8. The molecule has 3 nitrogen and oxygen atoms in total. The molecule has 0 radical (unpaired) electrons. The number of hydrogen-bond acceptors (Lipinski definition) is 5. The maximum Gasteiger partial charge on any atom is 0.225 e. The predicted molar refractivity (Wildman–Crippen MR) is 61.2 cm³/mol. The van der Waals surface area contributed by atoms with Crippen LogP contribution in [0.15, 0.2) is 17.5 Å². The average molecular weight is 239 g/mol. The van der Waals surface area contributed by atoms with Crippen molar-refractivity contribution in [3.05, 3.63) is 32.8 Å². The first-order valence-corrected chi connectivity index (χ1v) is 5.97. The second-order valence-corrected chi connectivity index (χ2v) is 4.72. The summed E-state index contributed by atoms with van der Waals surface area (Å²) in [4.78, 5) is 13.4. The van der Waals surface area contributed by atoms with Crippen molar-refractivity contribution in [1.29, 1.82) is 0 Å². The van der Waals surface area contributed by atoms with Crippen molar-refractivity contribution in [3.8, 4) is 5.88 Å². The van der Waals surface area contributed by atoms with Gasteiger partial charge in [-0.1, -0.05) is 0 Å². The van der Waals surface area contributed by atoms with E-state index in [1.54, 1.807) is 13.2 Å². The fourth-order valence-corrected chi connectivity index (χ4v) is 2.78. The van der Waals surface area contributed by atoms with Gasteiger partial charge in [-0.3, -0.25) is 4.79 Å². The van der Waals surface area contributed by atoms with Crippen LogP contribution >= 0.6 is 22.9 Å². The molecule has 78 valence electrons. The summed E-state index contributed by atoms with van der Waals surface area (Å²) in [6, 6.07) is 3.61. The van der Waals surface area contributed by atoms with Gasteiger partial charge in [0, 0.05) is 6.07 Å². The van der Waals surface area contributed by atoms with Crippen LogP contribution in [-0.2, 0) is 0 Å². The van der Waals surface area contributed by atoms with Gasteiger partial charge in [-0.2, -0.15) is 4.37 Å². The highest BCUT2D eigenvalue weighted by Gasteiger charge is 2.16. The van der Waals surface area contributed by atoms with E-state index in [4.69, 9.17) is 4.74 Å². The molecule has 0 spiro atoms. The number of nitrogens with zero attached hydrogens (tertiary/aromatic N) is 1. The van der Waals surface area contributed by atoms with Crippen LogP contribution in [-0.4, -0.2) is 17.3 Å². The first-order chi connectivity index (χ1) is 7.22. The van der Waals surface area contributed by atoms with E-state index in [0.29, 0.717) is 10.8 Å². The van der Waals surface area contributed by atoms with Crippen LogP contribution in [0.5, 0.6) is 5.88 Å². The topological polar surface area (TPSA) is 39.2 Å². The fraction of sp³-hybridized carbons (Fsp3) is 0.200. The molecule has 0 aliphatic rings. The summed E-state index contributed by atoms with van der Waals surface area (Å²) in [5.41, 5.74) is 1.01. The van der Waals surface area contributed by atoms with E-state index >= 15 is 0 Å². The lowest BCUT2D eigenvalue weighted by molar-refractivity contribution is 0.104. The Morgan fingerprint density at radius 1 is 1.53 bits per heavy atom. The highest BCUT2D eigenvalue weighted by molar-refractivity contribution is 7.14. The largest absolute Gasteiger partial charge is 0.480 e. The molecule has 2 aromatic rings. The Labute approximate surface area is 95.5 Å². The molecular formula is C10H9NO2S2. The molecule has 0 unspecified atom stereocenters. The molecular weight excluding hydrogens is 230 g/mol. The van der Waals surface area contributed by atoms with Crippen LogP contribution in [0.3, 0.4) is 0 Å². The zero-order valence-electron chi connectivity index (χ0n) is 8.31. The molecule has 0 saturated heterocycles. The van der Waals surface area contributed by atoms with Crippen molar-refractivity contribution < 1.29 is 9.53 Å². The van der Waals surface area contributed by atoms with Crippen molar-refractivity contribution in [2.24, 2.45) is 0 Å². The van der Waals surface area contributed by atoms with Gasteiger partial charge >= 0.3 is 0 Å². The van der Waals surface area contributed by atoms with Crippen LogP contribution in [0.4, 0.5) is 0 Å². The molecule has 0 saturated carbocycles. The minimum absolute atomic E-state index is 0.0308. The van der Waals surface area contributed by atoms with E-state index in [1.165, 1.54) is 22.9 Å². The molecule has 0 aliphatic heterocycles. The van der Waals surface area contributed by atoms with Gasteiger partial charge in [0.05, 0.1) is 12.0 Å². The lowest BCUT2D eigenvalue weighted by Crippen LogP contribution is -1.96. The maximum atomic E-state index is 12.0. The minimum Gasteiger partial charge on any atom is -0.480 e.